The van der Waals surface area contributed by atoms with Gasteiger partial charge in [-0.3, -0.25) is 9.78 Å². The summed E-state index contributed by atoms with van der Waals surface area (Å²) >= 11 is 3.54. The predicted octanol–water partition coefficient (Wildman–Crippen LogP) is 4.90. The van der Waals surface area contributed by atoms with Gasteiger partial charge in [0.2, 0.25) is 5.91 Å². The molecule has 0 aliphatic rings. The Hall–Kier alpha value is -2.66. The lowest BCUT2D eigenvalue weighted by Gasteiger charge is -2.18. The highest BCUT2D eigenvalue weighted by Crippen LogP contribution is 2.31. The van der Waals surface area contributed by atoms with Gasteiger partial charge < -0.3 is 10.3 Å². The third kappa shape index (κ3) is 3.22. The van der Waals surface area contributed by atoms with Crippen molar-refractivity contribution in [3.63, 3.8) is 0 Å². The van der Waals surface area contributed by atoms with E-state index in [4.69, 9.17) is 0 Å². The molecule has 0 aliphatic carbocycles. The van der Waals surface area contributed by atoms with Crippen molar-refractivity contribution in [2.24, 2.45) is 0 Å². The lowest BCUT2D eigenvalue weighted by molar-refractivity contribution is -0.119. The molecular weight excluding hydrogens is 390 g/mol. The Balaban J connectivity index is 1.85. The van der Waals surface area contributed by atoms with Gasteiger partial charge >= 0.3 is 0 Å². The van der Waals surface area contributed by atoms with E-state index in [1.807, 2.05) is 42.6 Å². The maximum absolute atomic E-state index is 11.8. The SMILES string of the molecule is CC(=O)N[C@H](Cc1ccccc1)c1nccc2c1[nH]c1ccc(Br)cc12. The van der Waals surface area contributed by atoms with Gasteiger partial charge in [0.25, 0.3) is 0 Å². The second-order valence-corrected chi connectivity index (χ2v) is 7.29. The van der Waals surface area contributed by atoms with Crippen molar-refractivity contribution in [3.8, 4) is 0 Å². The Labute approximate surface area is 159 Å². The number of halogens is 1. The minimum Gasteiger partial charge on any atom is -0.353 e. The van der Waals surface area contributed by atoms with Crippen LogP contribution in [0.15, 0.2) is 65.3 Å². The van der Waals surface area contributed by atoms with E-state index in [1.54, 1.807) is 6.92 Å². The van der Waals surface area contributed by atoms with Crippen LogP contribution in [0.4, 0.5) is 0 Å². The third-order valence-electron chi connectivity index (χ3n) is 4.50. The number of amides is 1. The van der Waals surface area contributed by atoms with Crippen LogP contribution >= 0.6 is 15.9 Å². The highest BCUT2D eigenvalue weighted by molar-refractivity contribution is 9.10. The van der Waals surface area contributed by atoms with Crippen molar-refractivity contribution in [2.75, 3.05) is 0 Å². The van der Waals surface area contributed by atoms with Crippen LogP contribution in [0, 0.1) is 0 Å². The number of pyridine rings is 1. The Kier molecular flexibility index (Phi) is 4.47. The van der Waals surface area contributed by atoms with Crippen LogP contribution in [0.1, 0.15) is 24.2 Å². The summed E-state index contributed by atoms with van der Waals surface area (Å²) in [4.78, 5) is 19.9. The number of benzene rings is 2. The van der Waals surface area contributed by atoms with E-state index in [0.717, 1.165) is 37.5 Å². The summed E-state index contributed by atoms with van der Waals surface area (Å²) in [5, 5.41) is 5.31. The fraction of sp³-hybridized carbons (Fsp3) is 0.143. The molecule has 0 radical (unpaired) electrons. The molecule has 1 amide bonds. The summed E-state index contributed by atoms with van der Waals surface area (Å²) in [7, 11) is 0. The number of nitrogens with zero attached hydrogens (tertiary/aromatic N) is 1. The number of aromatic nitrogens is 2. The van der Waals surface area contributed by atoms with E-state index < -0.39 is 0 Å². The van der Waals surface area contributed by atoms with Crippen LogP contribution < -0.4 is 5.32 Å². The van der Waals surface area contributed by atoms with E-state index in [2.05, 4.69) is 49.4 Å². The molecule has 2 N–H and O–H groups in total. The first-order chi connectivity index (χ1) is 12.6. The molecular formula is C21H18BrN3O. The highest BCUT2D eigenvalue weighted by Gasteiger charge is 2.20. The molecule has 0 fully saturated rings. The average molecular weight is 408 g/mol. The molecule has 2 aromatic heterocycles. The number of aromatic amines is 1. The third-order valence-corrected chi connectivity index (χ3v) is 5.00. The van der Waals surface area contributed by atoms with Crippen LogP contribution in [0.3, 0.4) is 0 Å². The van der Waals surface area contributed by atoms with E-state index in [1.165, 1.54) is 0 Å². The monoisotopic (exact) mass is 407 g/mol. The highest BCUT2D eigenvalue weighted by atomic mass is 79.9. The smallest absolute Gasteiger partial charge is 0.217 e. The van der Waals surface area contributed by atoms with Gasteiger partial charge in [-0.2, -0.15) is 0 Å². The van der Waals surface area contributed by atoms with Gasteiger partial charge in [-0.05, 0) is 36.2 Å². The fourth-order valence-corrected chi connectivity index (χ4v) is 3.75. The number of nitrogens with one attached hydrogen (secondary N) is 2. The first-order valence-corrected chi connectivity index (χ1v) is 9.28. The number of carbonyl (C=O) groups is 1. The molecule has 4 aromatic rings. The molecule has 0 saturated heterocycles. The van der Waals surface area contributed by atoms with Crippen molar-refractivity contribution in [1.29, 1.82) is 0 Å². The van der Waals surface area contributed by atoms with E-state index >= 15 is 0 Å². The second-order valence-electron chi connectivity index (χ2n) is 6.38. The second kappa shape index (κ2) is 6.92. The molecule has 1 atom stereocenters. The molecule has 2 heterocycles. The van der Waals surface area contributed by atoms with Gasteiger partial charge in [0.1, 0.15) is 0 Å². The Morgan fingerprint density at radius 2 is 1.96 bits per heavy atom. The summed E-state index contributed by atoms with van der Waals surface area (Å²) in [5.41, 5.74) is 4.03. The van der Waals surface area contributed by atoms with Gasteiger partial charge in [-0.15, -0.1) is 0 Å². The average Bonchev–Trinajstić information content (AvgIpc) is 2.99. The normalized spacial score (nSPS) is 12.4. The van der Waals surface area contributed by atoms with E-state index in [0.29, 0.717) is 6.42 Å². The summed E-state index contributed by atoms with van der Waals surface area (Å²) < 4.78 is 1.03. The summed E-state index contributed by atoms with van der Waals surface area (Å²) in [6, 6.07) is 18.1. The minimum absolute atomic E-state index is 0.0661. The first-order valence-electron chi connectivity index (χ1n) is 8.48. The van der Waals surface area contributed by atoms with Crippen molar-refractivity contribution < 1.29 is 4.79 Å². The molecule has 0 aliphatic heterocycles. The first kappa shape index (κ1) is 16.8. The number of hydrogen-bond donors (Lipinski definition) is 2. The maximum Gasteiger partial charge on any atom is 0.217 e. The zero-order valence-corrected chi connectivity index (χ0v) is 15.9. The lowest BCUT2D eigenvalue weighted by atomic mass is 10.0. The Bertz CT molecular complexity index is 1090. The van der Waals surface area contributed by atoms with Gasteiger partial charge in [0.15, 0.2) is 0 Å². The van der Waals surface area contributed by atoms with Crippen LogP contribution in [-0.2, 0) is 11.2 Å². The largest absolute Gasteiger partial charge is 0.353 e. The van der Waals surface area contributed by atoms with Crippen molar-refractivity contribution in [1.82, 2.24) is 15.3 Å². The lowest BCUT2D eigenvalue weighted by Crippen LogP contribution is -2.28. The van der Waals surface area contributed by atoms with Crippen LogP contribution in [-0.4, -0.2) is 15.9 Å². The fourth-order valence-electron chi connectivity index (χ4n) is 3.39. The number of fused-ring (bicyclic) bond motifs is 3. The molecule has 26 heavy (non-hydrogen) atoms. The standard InChI is InChI=1S/C21H18BrN3O/c1-13(26)24-19(11-14-5-3-2-4-6-14)21-20-16(9-10-23-21)17-12-15(22)7-8-18(17)25-20/h2-10,12,19,25H,11H2,1H3,(H,24,26)/t19-/m1/s1. The molecule has 0 unspecified atom stereocenters. The van der Waals surface area contributed by atoms with Gasteiger partial charge in [-0.1, -0.05) is 46.3 Å². The topological polar surface area (TPSA) is 57.8 Å². The van der Waals surface area contributed by atoms with Crippen LogP contribution in [0.2, 0.25) is 0 Å². The van der Waals surface area contributed by atoms with Crippen molar-refractivity contribution >= 4 is 43.6 Å². The molecule has 0 spiro atoms. The van der Waals surface area contributed by atoms with E-state index in [9.17, 15) is 4.79 Å². The van der Waals surface area contributed by atoms with Crippen molar-refractivity contribution in [3.05, 3.63) is 76.5 Å². The van der Waals surface area contributed by atoms with Crippen LogP contribution in [0.5, 0.6) is 0 Å². The molecule has 0 bridgehead atoms. The zero-order valence-electron chi connectivity index (χ0n) is 14.3. The quantitative estimate of drug-likeness (QED) is 0.505. The Morgan fingerprint density at radius 1 is 1.15 bits per heavy atom. The predicted molar refractivity (Wildman–Crippen MR) is 108 cm³/mol. The molecule has 130 valence electrons. The van der Waals surface area contributed by atoms with Gasteiger partial charge in [0.05, 0.1) is 17.3 Å². The van der Waals surface area contributed by atoms with E-state index in [-0.39, 0.29) is 11.9 Å². The molecule has 4 rings (SSSR count). The number of rotatable bonds is 4. The number of hydrogen-bond acceptors (Lipinski definition) is 2. The van der Waals surface area contributed by atoms with Gasteiger partial charge in [0, 0.05) is 33.9 Å². The zero-order chi connectivity index (χ0) is 18.1. The summed E-state index contributed by atoms with van der Waals surface area (Å²) in [6.45, 7) is 1.54. The van der Waals surface area contributed by atoms with Crippen LogP contribution in [0.25, 0.3) is 21.8 Å². The molecule has 4 nitrogen and oxygen atoms in total. The number of H-pyrrole nitrogens is 1. The Morgan fingerprint density at radius 3 is 2.73 bits per heavy atom. The summed E-state index contributed by atoms with van der Waals surface area (Å²) in [5.74, 6) is -0.0661. The minimum atomic E-state index is -0.199. The molecule has 0 saturated carbocycles. The maximum atomic E-state index is 11.8. The van der Waals surface area contributed by atoms with Crippen molar-refractivity contribution in [2.45, 2.75) is 19.4 Å². The summed E-state index contributed by atoms with van der Waals surface area (Å²) in [6.07, 6.45) is 2.50. The van der Waals surface area contributed by atoms with Gasteiger partial charge in [-0.25, -0.2) is 0 Å². The number of carbonyl (C=O) groups excluding carboxylic acids is 1. The molecule has 2 aromatic carbocycles. The molecule has 5 heteroatoms.